The molecule has 1 saturated carbocycles. The predicted octanol–water partition coefficient (Wildman–Crippen LogP) is 2.99. The van der Waals surface area contributed by atoms with Crippen LogP contribution in [0.15, 0.2) is 43.0 Å². The molecule has 2 fully saturated rings. The highest BCUT2D eigenvalue weighted by Crippen LogP contribution is 2.36. The quantitative estimate of drug-likeness (QED) is 0.833. The third-order valence-electron chi connectivity index (χ3n) is 4.62. The van der Waals surface area contributed by atoms with Crippen molar-refractivity contribution < 1.29 is 0 Å². The van der Waals surface area contributed by atoms with Crippen molar-refractivity contribution in [2.45, 2.75) is 37.9 Å². The summed E-state index contributed by atoms with van der Waals surface area (Å²) >= 11 is 0. The van der Waals surface area contributed by atoms with Gasteiger partial charge in [0.2, 0.25) is 0 Å². The first-order chi connectivity index (χ1) is 9.29. The van der Waals surface area contributed by atoms with E-state index in [4.69, 9.17) is 0 Å². The monoisotopic (exact) mass is 256 g/mol. The number of benzene rings is 1. The van der Waals surface area contributed by atoms with E-state index >= 15 is 0 Å². The molecule has 2 nitrogen and oxygen atoms in total. The van der Waals surface area contributed by atoms with E-state index in [0.717, 1.165) is 19.0 Å². The molecule has 1 N–H and O–H groups in total. The summed E-state index contributed by atoms with van der Waals surface area (Å²) in [7, 11) is 0. The second-order valence-corrected chi connectivity index (χ2v) is 5.95. The molecule has 0 radical (unpaired) electrons. The van der Waals surface area contributed by atoms with Gasteiger partial charge in [-0.25, -0.2) is 0 Å². The number of nitrogens with zero attached hydrogens (tertiary/aromatic N) is 1. The van der Waals surface area contributed by atoms with Gasteiger partial charge in [0.1, 0.15) is 0 Å². The lowest BCUT2D eigenvalue weighted by atomic mass is 9.97. The molecule has 3 unspecified atom stereocenters. The first kappa shape index (κ1) is 12.9. The molecule has 0 aromatic heterocycles. The van der Waals surface area contributed by atoms with Crippen molar-refractivity contribution >= 4 is 0 Å². The highest BCUT2D eigenvalue weighted by Gasteiger charge is 2.38. The Morgan fingerprint density at radius 3 is 2.68 bits per heavy atom. The topological polar surface area (TPSA) is 15.3 Å². The van der Waals surface area contributed by atoms with Crippen molar-refractivity contribution in [3.05, 3.63) is 48.6 Å². The molecular weight excluding hydrogens is 232 g/mol. The van der Waals surface area contributed by atoms with Crippen molar-refractivity contribution in [3.63, 3.8) is 0 Å². The zero-order valence-corrected chi connectivity index (χ0v) is 11.8. The normalized spacial score (nSPS) is 29.9. The molecular formula is C17H24N2. The van der Waals surface area contributed by atoms with Gasteiger partial charge in [0.15, 0.2) is 0 Å². The third kappa shape index (κ3) is 2.75. The summed E-state index contributed by atoms with van der Waals surface area (Å²) in [6.45, 7) is 8.46. The van der Waals surface area contributed by atoms with Crippen LogP contribution in [0.1, 0.15) is 31.4 Å². The minimum Gasteiger partial charge on any atom is -0.311 e. The molecule has 1 aromatic carbocycles. The summed E-state index contributed by atoms with van der Waals surface area (Å²) in [5.41, 5.74) is 1.41. The highest BCUT2D eigenvalue weighted by atomic mass is 15.3. The average Bonchev–Trinajstić information content (AvgIpc) is 3.31. The van der Waals surface area contributed by atoms with E-state index in [1.54, 1.807) is 0 Å². The lowest BCUT2D eigenvalue weighted by molar-refractivity contribution is 0.101. The molecule has 19 heavy (non-hydrogen) atoms. The van der Waals surface area contributed by atoms with Crippen LogP contribution in [0.25, 0.3) is 0 Å². The van der Waals surface area contributed by atoms with Gasteiger partial charge in [0, 0.05) is 31.2 Å². The number of hydrogen-bond donors (Lipinski definition) is 1. The van der Waals surface area contributed by atoms with E-state index in [1.807, 2.05) is 0 Å². The van der Waals surface area contributed by atoms with Crippen molar-refractivity contribution in [2.75, 3.05) is 13.1 Å². The fraction of sp³-hybridized carbons (Fsp3) is 0.529. The fourth-order valence-electron chi connectivity index (χ4n) is 3.18. The van der Waals surface area contributed by atoms with Crippen LogP contribution in [0.3, 0.4) is 0 Å². The standard InChI is InChI=1S/C17H24N2/c1-3-13(2)19-12-16(14-9-10-14)18-11-17(19)15-7-5-4-6-8-15/h3-8,13-14,16-18H,1,9-12H2,2H3. The van der Waals surface area contributed by atoms with Crippen molar-refractivity contribution in [1.29, 1.82) is 0 Å². The van der Waals surface area contributed by atoms with Gasteiger partial charge in [-0.3, -0.25) is 4.90 Å². The van der Waals surface area contributed by atoms with Crippen LogP contribution in [-0.4, -0.2) is 30.1 Å². The Hall–Kier alpha value is -1.12. The number of nitrogens with one attached hydrogen (secondary N) is 1. The molecule has 1 heterocycles. The van der Waals surface area contributed by atoms with E-state index in [2.05, 4.69) is 60.1 Å². The van der Waals surface area contributed by atoms with Gasteiger partial charge in [-0.1, -0.05) is 36.4 Å². The lowest BCUT2D eigenvalue weighted by Crippen LogP contribution is -2.55. The van der Waals surface area contributed by atoms with Gasteiger partial charge in [0.05, 0.1) is 0 Å². The van der Waals surface area contributed by atoms with Gasteiger partial charge >= 0.3 is 0 Å². The average molecular weight is 256 g/mol. The van der Waals surface area contributed by atoms with Crippen LogP contribution in [-0.2, 0) is 0 Å². The molecule has 1 aromatic rings. The van der Waals surface area contributed by atoms with Crippen molar-refractivity contribution in [1.82, 2.24) is 10.2 Å². The van der Waals surface area contributed by atoms with Gasteiger partial charge in [-0.15, -0.1) is 6.58 Å². The van der Waals surface area contributed by atoms with E-state index in [0.29, 0.717) is 18.1 Å². The fourth-order valence-corrected chi connectivity index (χ4v) is 3.18. The lowest BCUT2D eigenvalue weighted by Gasteiger charge is -2.43. The highest BCUT2D eigenvalue weighted by molar-refractivity contribution is 5.21. The summed E-state index contributed by atoms with van der Waals surface area (Å²) in [5, 5.41) is 3.76. The maximum Gasteiger partial charge on any atom is 0.0479 e. The molecule has 102 valence electrons. The molecule has 0 bridgehead atoms. The van der Waals surface area contributed by atoms with Crippen LogP contribution in [0.2, 0.25) is 0 Å². The molecule has 2 aliphatic rings. The predicted molar refractivity (Wildman–Crippen MR) is 80.1 cm³/mol. The van der Waals surface area contributed by atoms with E-state index in [1.165, 1.54) is 18.4 Å². The Morgan fingerprint density at radius 2 is 2.05 bits per heavy atom. The van der Waals surface area contributed by atoms with Gasteiger partial charge in [0.25, 0.3) is 0 Å². The Labute approximate surface area is 116 Å². The van der Waals surface area contributed by atoms with E-state index < -0.39 is 0 Å². The molecule has 1 aliphatic carbocycles. The van der Waals surface area contributed by atoms with Gasteiger partial charge in [-0.2, -0.15) is 0 Å². The van der Waals surface area contributed by atoms with Gasteiger partial charge < -0.3 is 5.32 Å². The Kier molecular flexibility index (Phi) is 3.72. The summed E-state index contributed by atoms with van der Waals surface area (Å²) in [6, 6.07) is 12.4. The largest absolute Gasteiger partial charge is 0.311 e. The summed E-state index contributed by atoms with van der Waals surface area (Å²) in [4.78, 5) is 2.61. The minimum atomic E-state index is 0.438. The van der Waals surface area contributed by atoms with Crippen LogP contribution < -0.4 is 5.32 Å². The van der Waals surface area contributed by atoms with Gasteiger partial charge in [-0.05, 0) is 31.2 Å². The zero-order valence-electron chi connectivity index (χ0n) is 11.8. The summed E-state index contributed by atoms with van der Waals surface area (Å²) in [6.07, 6.45) is 4.89. The first-order valence-electron chi connectivity index (χ1n) is 7.46. The molecule has 0 amide bonds. The van der Waals surface area contributed by atoms with E-state index in [-0.39, 0.29) is 0 Å². The molecule has 1 saturated heterocycles. The zero-order chi connectivity index (χ0) is 13.2. The molecule has 3 rings (SSSR count). The van der Waals surface area contributed by atoms with Crippen LogP contribution in [0, 0.1) is 5.92 Å². The molecule has 2 heteroatoms. The maximum absolute atomic E-state index is 3.99. The van der Waals surface area contributed by atoms with Crippen molar-refractivity contribution in [3.8, 4) is 0 Å². The number of piperazine rings is 1. The smallest absolute Gasteiger partial charge is 0.0479 e. The molecule has 3 atom stereocenters. The Balaban J connectivity index is 1.79. The SMILES string of the molecule is C=CC(C)N1CC(C2CC2)NCC1c1ccccc1. The number of rotatable bonds is 4. The number of hydrogen-bond acceptors (Lipinski definition) is 2. The summed E-state index contributed by atoms with van der Waals surface area (Å²) in [5.74, 6) is 0.913. The maximum atomic E-state index is 3.99. The van der Waals surface area contributed by atoms with Crippen LogP contribution >= 0.6 is 0 Å². The Bertz CT molecular complexity index is 424. The third-order valence-corrected chi connectivity index (χ3v) is 4.62. The second kappa shape index (κ2) is 5.48. The molecule has 1 aliphatic heterocycles. The first-order valence-corrected chi connectivity index (χ1v) is 7.46. The van der Waals surface area contributed by atoms with Crippen LogP contribution in [0.4, 0.5) is 0 Å². The minimum absolute atomic E-state index is 0.438. The second-order valence-electron chi connectivity index (χ2n) is 5.95. The molecule has 0 spiro atoms. The van der Waals surface area contributed by atoms with Crippen LogP contribution in [0.5, 0.6) is 0 Å². The summed E-state index contributed by atoms with van der Waals surface area (Å²) < 4.78 is 0. The Morgan fingerprint density at radius 1 is 1.32 bits per heavy atom. The van der Waals surface area contributed by atoms with Crippen molar-refractivity contribution in [2.24, 2.45) is 5.92 Å². The van der Waals surface area contributed by atoms with E-state index in [9.17, 15) is 0 Å².